The van der Waals surface area contributed by atoms with E-state index in [0.29, 0.717) is 6.54 Å². The quantitative estimate of drug-likeness (QED) is 0.775. The molecule has 0 radical (unpaired) electrons. The van der Waals surface area contributed by atoms with Crippen molar-refractivity contribution in [3.8, 4) is 0 Å². The van der Waals surface area contributed by atoms with E-state index in [0.717, 1.165) is 38.4 Å². The number of ether oxygens (including phenoxy) is 1. The van der Waals surface area contributed by atoms with Gasteiger partial charge in [0, 0.05) is 51.9 Å². The Hall–Kier alpha value is -1.92. The van der Waals surface area contributed by atoms with Crippen LogP contribution in [-0.4, -0.2) is 62.7 Å². The molecule has 0 bridgehead atoms. The summed E-state index contributed by atoms with van der Waals surface area (Å²) in [5.74, 6) is -0.639. The Labute approximate surface area is 131 Å². The monoisotopic (exact) mass is 305 g/mol. The Kier molecular flexibility index (Phi) is 6.36. The lowest BCUT2D eigenvalue weighted by molar-refractivity contribution is -0.145. The van der Waals surface area contributed by atoms with Crippen molar-refractivity contribution >= 4 is 17.6 Å². The predicted molar refractivity (Wildman–Crippen MR) is 84.7 cm³/mol. The summed E-state index contributed by atoms with van der Waals surface area (Å²) in [5, 5.41) is 3.31. The van der Waals surface area contributed by atoms with Crippen LogP contribution in [-0.2, 0) is 14.3 Å². The summed E-state index contributed by atoms with van der Waals surface area (Å²) >= 11 is 0. The van der Waals surface area contributed by atoms with Gasteiger partial charge in [0.15, 0.2) is 6.61 Å². The van der Waals surface area contributed by atoms with Crippen molar-refractivity contribution in [1.82, 2.24) is 10.2 Å². The van der Waals surface area contributed by atoms with Crippen LogP contribution >= 0.6 is 0 Å². The molecule has 1 aliphatic rings. The van der Waals surface area contributed by atoms with E-state index >= 15 is 0 Å². The standard InChI is InChI=1S/C16H23N3O3/c1-14(20)22-13-16(21)19(15-5-3-2-4-6-15)12-11-18-9-7-17-8-10-18/h2-6,17H,7-13H2,1H3. The Morgan fingerprint density at radius 2 is 1.91 bits per heavy atom. The third kappa shape index (κ3) is 5.13. The number of amides is 1. The van der Waals surface area contributed by atoms with Gasteiger partial charge in [0.05, 0.1) is 0 Å². The van der Waals surface area contributed by atoms with Crippen LogP contribution in [0.1, 0.15) is 6.92 Å². The number of nitrogens with one attached hydrogen (secondary N) is 1. The number of piperazine rings is 1. The van der Waals surface area contributed by atoms with E-state index in [4.69, 9.17) is 4.74 Å². The molecule has 1 saturated heterocycles. The minimum atomic E-state index is -0.441. The maximum Gasteiger partial charge on any atom is 0.303 e. The van der Waals surface area contributed by atoms with Crippen molar-refractivity contribution in [3.63, 3.8) is 0 Å². The van der Waals surface area contributed by atoms with Crippen LogP contribution in [0.2, 0.25) is 0 Å². The lowest BCUT2D eigenvalue weighted by atomic mass is 10.2. The number of carbonyl (C=O) groups is 2. The zero-order valence-corrected chi connectivity index (χ0v) is 13.0. The number of rotatable bonds is 6. The molecule has 0 atom stereocenters. The van der Waals surface area contributed by atoms with Gasteiger partial charge in [-0.15, -0.1) is 0 Å². The average molecular weight is 305 g/mol. The van der Waals surface area contributed by atoms with Gasteiger partial charge in [-0.1, -0.05) is 18.2 Å². The van der Waals surface area contributed by atoms with Crippen molar-refractivity contribution in [2.24, 2.45) is 0 Å². The summed E-state index contributed by atoms with van der Waals surface area (Å²) in [6.45, 7) is 6.42. The Bertz CT molecular complexity index is 487. The topological polar surface area (TPSA) is 61.9 Å². The maximum absolute atomic E-state index is 12.3. The van der Waals surface area contributed by atoms with Gasteiger partial charge in [0.2, 0.25) is 0 Å². The zero-order chi connectivity index (χ0) is 15.8. The second-order valence-corrected chi connectivity index (χ2v) is 5.25. The summed E-state index contributed by atoms with van der Waals surface area (Å²) in [4.78, 5) is 27.3. The Morgan fingerprint density at radius 1 is 1.23 bits per heavy atom. The molecule has 120 valence electrons. The molecule has 6 heteroatoms. The first-order chi connectivity index (χ1) is 10.7. The molecule has 0 spiro atoms. The normalized spacial score (nSPS) is 15.3. The lowest BCUT2D eigenvalue weighted by Gasteiger charge is -2.30. The molecular weight excluding hydrogens is 282 g/mol. The molecule has 1 amide bonds. The number of hydrogen-bond donors (Lipinski definition) is 1. The van der Waals surface area contributed by atoms with Crippen molar-refractivity contribution in [1.29, 1.82) is 0 Å². The number of nitrogens with zero attached hydrogens (tertiary/aromatic N) is 2. The molecule has 1 fully saturated rings. The fourth-order valence-electron chi connectivity index (χ4n) is 2.42. The smallest absolute Gasteiger partial charge is 0.303 e. The van der Waals surface area contributed by atoms with Gasteiger partial charge in [0.1, 0.15) is 0 Å². The summed E-state index contributed by atoms with van der Waals surface area (Å²) in [7, 11) is 0. The van der Waals surface area contributed by atoms with Gasteiger partial charge in [-0.25, -0.2) is 0 Å². The molecule has 0 aliphatic carbocycles. The molecule has 0 aromatic heterocycles. The minimum absolute atomic E-state index is 0.198. The van der Waals surface area contributed by atoms with Crippen LogP contribution in [0.25, 0.3) is 0 Å². The van der Waals surface area contributed by atoms with Gasteiger partial charge in [0.25, 0.3) is 5.91 Å². The van der Waals surface area contributed by atoms with Crippen molar-refractivity contribution in [2.75, 3.05) is 50.8 Å². The number of anilines is 1. The average Bonchev–Trinajstić information content (AvgIpc) is 2.55. The number of esters is 1. The summed E-state index contributed by atoms with van der Waals surface area (Å²) in [6, 6.07) is 9.49. The second kappa shape index (κ2) is 8.51. The summed E-state index contributed by atoms with van der Waals surface area (Å²) < 4.78 is 4.84. The van der Waals surface area contributed by atoms with Gasteiger partial charge in [-0.3, -0.25) is 14.5 Å². The van der Waals surface area contributed by atoms with Gasteiger partial charge in [-0.05, 0) is 12.1 Å². The molecule has 1 aromatic rings. The van der Waals surface area contributed by atoms with Crippen LogP contribution in [0.4, 0.5) is 5.69 Å². The van der Waals surface area contributed by atoms with E-state index in [1.165, 1.54) is 6.92 Å². The molecule has 0 saturated carbocycles. The Balaban J connectivity index is 1.97. The number of carbonyl (C=O) groups excluding carboxylic acids is 2. The van der Waals surface area contributed by atoms with E-state index in [9.17, 15) is 9.59 Å². The molecule has 22 heavy (non-hydrogen) atoms. The van der Waals surface area contributed by atoms with E-state index < -0.39 is 5.97 Å². The van der Waals surface area contributed by atoms with E-state index in [1.54, 1.807) is 4.90 Å². The van der Waals surface area contributed by atoms with Crippen LogP contribution < -0.4 is 10.2 Å². The first-order valence-electron chi connectivity index (χ1n) is 7.58. The number of benzene rings is 1. The van der Waals surface area contributed by atoms with Crippen molar-refractivity contribution in [3.05, 3.63) is 30.3 Å². The SMILES string of the molecule is CC(=O)OCC(=O)N(CCN1CCNCC1)c1ccccc1. The van der Waals surface area contributed by atoms with Crippen LogP contribution in [0, 0.1) is 0 Å². The van der Waals surface area contributed by atoms with Crippen molar-refractivity contribution < 1.29 is 14.3 Å². The fourth-order valence-corrected chi connectivity index (χ4v) is 2.42. The van der Waals surface area contributed by atoms with Crippen LogP contribution in [0.3, 0.4) is 0 Å². The first kappa shape index (κ1) is 16.5. The van der Waals surface area contributed by atoms with Crippen molar-refractivity contribution in [2.45, 2.75) is 6.92 Å². The molecule has 1 heterocycles. The van der Waals surface area contributed by atoms with E-state index in [2.05, 4.69) is 10.2 Å². The summed E-state index contributed by atoms with van der Waals surface area (Å²) in [5.41, 5.74) is 0.829. The first-order valence-corrected chi connectivity index (χ1v) is 7.58. The van der Waals surface area contributed by atoms with Gasteiger partial charge < -0.3 is 15.0 Å². The van der Waals surface area contributed by atoms with Gasteiger partial charge in [-0.2, -0.15) is 0 Å². The number of hydrogen-bond acceptors (Lipinski definition) is 5. The molecule has 2 rings (SSSR count). The minimum Gasteiger partial charge on any atom is -0.456 e. The zero-order valence-electron chi connectivity index (χ0n) is 13.0. The number of para-hydroxylation sites is 1. The highest BCUT2D eigenvalue weighted by Gasteiger charge is 2.18. The Morgan fingerprint density at radius 3 is 2.55 bits per heavy atom. The van der Waals surface area contributed by atoms with E-state index in [1.807, 2.05) is 30.3 Å². The van der Waals surface area contributed by atoms with E-state index in [-0.39, 0.29) is 12.5 Å². The van der Waals surface area contributed by atoms with Gasteiger partial charge >= 0.3 is 5.97 Å². The second-order valence-electron chi connectivity index (χ2n) is 5.25. The highest BCUT2D eigenvalue weighted by Crippen LogP contribution is 2.13. The third-order valence-corrected chi connectivity index (χ3v) is 3.62. The summed E-state index contributed by atoms with van der Waals surface area (Å²) in [6.07, 6.45) is 0. The molecule has 1 aromatic carbocycles. The largest absolute Gasteiger partial charge is 0.456 e. The van der Waals surface area contributed by atoms with Crippen LogP contribution in [0.5, 0.6) is 0 Å². The molecule has 6 nitrogen and oxygen atoms in total. The lowest BCUT2D eigenvalue weighted by Crippen LogP contribution is -2.47. The highest BCUT2D eigenvalue weighted by molar-refractivity contribution is 5.95. The third-order valence-electron chi connectivity index (χ3n) is 3.62. The van der Waals surface area contributed by atoms with Crippen LogP contribution in [0.15, 0.2) is 30.3 Å². The maximum atomic E-state index is 12.3. The predicted octanol–water partition coefficient (Wildman–Crippen LogP) is 0.488. The highest BCUT2D eigenvalue weighted by atomic mass is 16.5. The molecule has 0 unspecified atom stereocenters. The fraction of sp³-hybridized carbons (Fsp3) is 0.500. The molecule has 1 aliphatic heterocycles. The molecule has 1 N–H and O–H groups in total. The molecular formula is C16H23N3O3.